The summed E-state index contributed by atoms with van der Waals surface area (Å²) in [6.07, 6.45) is 2.08. The highest BCUT2D eigenvalue weighted by Crippen LogP contribution is 2.28. The minimum absolute atomic E-state index is 0.325. The van der Waals surface area contributed by atoms with Crippen LogP contribution in [0.3, 0.4) is 0 Å². The third-order valence-electron chi connectivity index (χ3n) is 2.89. The van der Waals surface area contributed by atoms with E-state index in [1.54, 1.807) is 29.0 Å². The second kappa shape index (κ2) is 7.26. The first-order valence-corrected chi connectivity index (χ1v) is 7.63. The van der Waals surface area contributed by atoms with Gasteiger partial charge in [-0.05, 0) is 18.4 Å². The molecule has 5 nitrogen and oxygen atoms in total. The number of alkyl halides is 2. The van der Waals surface area contributed by atoms with E-state index in [0.717, 1.165) is 0 Å². The smallest absolute Gasteiger partial charge is 0.244 e. The highest BCUT2D eigenvalue weighted by atomic mass is 32.2. The average molecular weight is 326 g/mol. The predicted octanol–water partition coefficient (Wildman–Crippen LogP) is 3.00. The number of nitrogens with zero attached hydrogens (tertiary/aromatic N) is 3. The fourth-order valence-electron chi connectivity index (χ4n) is 1.88. The molecule has 0 bridgehead atoms. The fourth-order valence-corrected chi connectivity index (χ4v) is 2.08. The molecule has 8 heteroatoms. The first-order chi connectivity index (χ1) is 10.5. The van der Waals surface area contributed by atoms with Gasteiger partial charge in [0.1, 0.15) is 5.75 Å². The van der Waals surface area contributed by atoms with Crippen LogP contribution in [-0.4, -0.2) is 34.5 Å². The molecule has 0 aliphatic carbocycles. The molecular weight excluding hydrogens is 310 g/mol. The molecule has 0 atom stereocenters. The molecule has 2 aromatic rings. The Balaban J connectivity index is 2.33. The second-order valence-electron chi connectivity index (χ2n) is 4.38. The molecule has 0 radical (unpaired) electrons. The topological polar surface area (TPSA) is 65.4 Å². The molecule has 118 valence electrons. The van der Waals surface area contributed by atoms with Crippen LogP contribution in [0.2, 0.25) is 0 Å². The molecule has 0 saturated heterocycles. The van der Waals surface area contributed by atoms with Crippen LogP contribution in [0.15, 0.2) is 35.7 Å². The van der Waals surface area contributed by atoms with Crippen molar-refractivity contribution in [1.29, 1.82) is 0 Å². The van der Waals surface area contributed by atoms with Gasteiger partial charge in [0.15, 0.2) is 5.17 Å². The van der Waals surface area contributed by atoms with Crippen LogP contribution in [0.1, 0.15) is 5.69 Å². The number of nitrogens with two attached hydrogens (primary N) is 1. The molecule has 0 spiro atoms. The van der Waals surface area contributed by atoms with Crippen molar-refractivity contribution in [3.8, 4) is 11.4 Å². The van der Waals surface area contributed by atoms with E-state index >= 15 is 0 Å². The molecule has 1 aromatic heterocycles. The Morgan fingerprint density at radius 3 is 2.91 bits per heavy atom. The van der Waals surface area contributed by atoms with Crippen molar-refractivity contribution in [3.63, 3.8) is 0 Å². The normalized spacial score (nSPS) is 12.0. The molecule has 0 aliphatic heterocycles. The van der Waals surface area contributed by atoms with Crippen LogP contribution >= 0.6 is 11.8 Å². The second-order valence-corrected chi connectivity index (χ2v) is 5.20. The Morgan fingerprint density at radius 2 is 2.27 bits per heavy atom. The molecule has 22 heavy (non-hydrogen) atoms. The Bertz CT molecular complexity index is 673. The summed E-state index contributed by atoms with van der Waals surface area (Å²) in [5.41, 5.74) is 7.35. The summed E-state index contributed by atoms with van der Waals surface area (Å²) in [6, 6.07) is 5.28. The Kier molecular flexibility index (Phi) is 5.37. The van der Waals surface area contributed by atoms with Crippen LogP contribution in [-0.2, 0) is 6.42 Å². The molecule has 1 heterocycles. The molecule has 0 aliphatic rings. The van der Waals surface area contributed by atoms with Gasteiger partial charge in [-0.3, -0.25) is 0 Å². The number of thioether (sulfide) groups is 1. The maximum absolute atomic E-state index is 12.4. The van der Waals surface area contributed by atoms with Gasteiger partial charge in [0.25, 0.3) is 0 Å². The van der Waals surface area contributed by atoms with Crippen molar-refractivity contribution in [3.05, 3.63) is 36.4 Å². The number of amidine groups is 1. The van der Waals surface area contributed by atoms with Crippen molar-refractivity contribution < 1.29 is 13.5 Å². The largest absolute Gasteiger partial charge is 0.494 e. The first-order valence-electron chi connectivity index (χ1n) is 6.41. The summed E-state index contributed by atoms with van der Waals surface area (Å²) in [5.74, 6) is 0.552. The van der Waals surface area contributed by atoms with E-state index in [0.29, 0.717) is 28.0 Å². The fraction of sp³-hybridized carbons (Fsp3) is 0.286. The number of imidazole rings is 1. The summed E-state index contributed by atoms with van der Waals surface area (Å²) in [4.78, 5) is 8.19. The molecule has 2 N–H and O–H groups in total. The third kappa shape index (κ3) is 3.97. The SMILES string of the molecule is COc1cc(N=C(N)SC)ccc1-n1cnc(CC(F)F)c1. The summed E-state index contributed by atoms with van der Waals surface area (Å²) in [6.45, 7) is 0. The first kappa shape index (κ1) is 16.3. The number of ether oxygens (including phenoxy) is 1. The van der Waals surface area contributed by atoms with Gasteiger partial charge in [-0.15, -0.1) is 0 Å². The lowest BCUT2D eigenvalue weighted by Gasteiger charge is -2.10. The number of rotatable bonds is 5. The number of hydrogen-bond donors (Lipinski definition) is 1. The van der Waals surface area contributed by atoms with E-state index in [2.05, 4.69) is 9.98 Å². The number of aliphatic imine (C=N–C) groups is 1. The van der Waals surface area contributed by atoms with Crippen LogP contribution in [0.25, 0.3) is 5.69 Å². The lowest BCUT2D eigenvalue weighted by atomic mass is 10.2. The van der Waals surface area contributed by atoms with Gasteiger partial charge in [-0.2, -0.15) is 0 Å². The zero-order valence-corrected chi connectivity index (χ0v) is 13.0. The van der Waals surface area contributed by atoms with Crippen LogP contribution in [0, 0.1) is 0 Å². The van der Waals surface area contributed by atoms with E-state index in [1.807, 2.05) is 6.26 Å². The molecule has 0 amide bonds. The Labute approximate surface area is 131 Å². The van der Waals surface area contributed by atoms with Crippen LogP contribution in [0.4, 0.5) is 14.5 Å². The molecule has 0 fully saturated rings. The maximum Gasteiger partial charge on any atom is 0.244 e. The van der Waals surface area contributed by atoms with E-state index < -0.39 is 6.43 Å². The number of benzene rings is 1. The molecule has 0 unspecified atom stereocenters. The van der Waals surface area contributed by atoms with Crippen LogP contribution < -0.4 is 10.5 Å². The summed E-state index contributed by atoms with van der Waals surface area (Å²) in [7, 11) is 1.53. The van der Waals surface area contributed by atoms with Gasteiger partial charge in [0, 0.05) is 12.3 Å². The molecular formula is C14H16F2N4OS. The van der Waals surface area contributed by atoms with Crippen molar-refractivity contribution in [2.24, 2.45) is 10.7 Å². The lowest BCUT2D eigenvalue weighted by Crippen LogP contribution is -2.04. The molecule has 2 rings (SSSR count). The minimum atomic E-state index is -2.42. The standard InChI is InChI=1S/C14H16F2N4OS/c1-21-12-5-9(19-14(17)22-2)3-4-11(12)20-7-10(18-8-20)6-13(15)16/h3-5,7-8,13H,6H2,1-2H3,(H2,17,19). The van der Waals surface area contributed by atoms with Gasteiger partial charge in [0.05, 0.1) is 36.9 Å². The zero-order chi connectivity index (χ0) is 16.1. The van der Waals surface area contributed by atoms with Gasteiger partial charge in [0.2, 0.25) is 6.43 Å². The number of aromatic nitrogens is 2. The number of methoxy groups -OCH3 is 1. The van der Waals surface area contributed by atoms with Crippen molar-refractivity contribution in [1.82, 2.24) is 9.55 Å². The minimum Gasteiger partial charge on any atom is -0.494 e. The Hall–Kier alpha value is -2.09. The van der Waals surface area contributed by atoms with Gasteiger partial charge < -0.3 is 15.0 Å². The third-order valence-corrected chi connectivity index (χ3v) is 3.40. The van der Waals surface area contributed by atoms with Crippen molar-refractivity contribution in [2.75, 3.05) is 13.4 Å². The van der Waals surface area contributed by atoms with Crippen molar-refractivity contribution >= 4 is 22.6 Å². The Morgan fingerprint density at radius 1 is 1.50 bits per heavy atom. The number of halogens is 2. The summed E-state index contributed by atoms with van der Waals surface area (Å²) < 4.78 is 31.7. The maximum atomic E-state index is 12.4. The van der Waals surface area contributed by atoms with Crippen molar-refractivity contribution in [2.45, 2.75) is 12.8 Å². The van der Waals surface area contributed by atoms with E-state index in [4.69, 9.17) is 10.5 Å². The van der Waals surface area contributed by atoms with Gasteiger partial charge >= 0.3 is 0 Å². The van der Waals surface area contributed by atoms with Crippen LogP contribution in [0.5, 0.6) is 5.75 Å². The van der Waals surface area contributed by atoms with Gasteiger partial charge in [-0.1, -0.05) is 11.8 Å². The van der Waals surface area contributed by atoms with Gasteiger partial charge in [-0.25, -0.2) is 18.8 Å². The quantitative estimate of drug-likeness (QED) is 0.677. The summed E-state index contributed by atoms with van der Waals surface area (Å²) >= 11 is 1.34. The highest BCUT2D eigenvalue weighted by molar-refractivity contribution is 8.13. The van der Waals surface area contributed by atoms with E-state index in [1.165, 1.54) is 25.2 Å². The summed E-state index contributed by atoms with van der Waals surface area (Å²) in [5, 5.41) is 0.441. The molecule has 0 saturated carbocycles. The average Bonchev–Trinajstić information content (AvgIpc) is 2.94. The van der Waals surface area contributed by atoms with E-state index in [9.17, 15) is 8.78 Å². The monoisotopic (exact) mass is 326 g/mol. The zero-order valence-electron chi connectivity index (χ0n) is 12.2. The van der Waals surface area contributed by atoms with E-state index in [-0.39, 0.29) is 6.42 Å². The predicted molar refractivity (Wildman–Crippen MR) is 84.6 cm³/mol. The highest BCUT2D eigenvalue weighted by Gasteiger charge is 2.11. The molecule has 1 aromatic carbocycles. The lowest BCUT2D eigenvalue weighted by molar-refractivity contribution is 0.148. The number of hydrogen-bond acceptors (Lipinski definition) is 4.